The summed E-state index contributed by atoms with van der Waals surface area (Å²) in [5.74, 6) is 0.288. The third-order valence-corrected chi connectivity index (χ3v) is 4.71. The van der Waals surface area contributed by atoms with Crippen LogP contribution in [0.1, 0.15) is 33.3 Å². The number of rotatable bonds is 4. The van der Waals surface area contributed by atoms with Crippen LogP contribution in [0.4, 0.5) is 5.69 Å². The van der Waals surface area contributed by atoms with Crippen molar-refractivity contribution in [3.63, 3.8) is 0 Å². The summed E-state index contributed by atoms with van der Waals surface area (Å²) in [6.07, 6.45) is -0.703. The Morgan fingerprint density at radius 1 is 1.00 bits per heavy atom. The van der Waals surface area contributed by atoms with Gasteiger partial charge in [0.25, 0.3) is 5.91 Å². The Bertz CT molecular complexity index is 767. The standard InChI is InChI=1S/C19H20Cl3NO2/c1-11(25-13-7-5-12(6-8-13)19(2,3)4)18(24)23-17-10-15(21)14(20)9-16(17)22/h5-11H,1-4H3,(H,23,24)/t11-/m1/s1. The second-order valence-electron chi connectivity index (χ2n) is 6.77. The van der Waals surface area contributed by atoms with Gasteiger partial charge in [0.1, 0.15) is 5.75 Å². The van der Waals surface area contributed by atoms with Gasteiger partial charge in [-0.1, -0.05) is 67.7 Å². The van der Waals surface area contributed by atoms with Gasteiger partial charge >= 0.3 is 0 Å². The molecule has 0 unspecified atom stereocenters. The topological polar surface area (TPSA) is 38.3 Å². The highest BCUT2D eigenvalue weighted by atomic mass is 35.5. The summed E-state index contributed by atoms with van der Waals surface area (Å²) in [7, 11) is 0. The van der Waals surface area contributed by atoms with Crippen molar-refractivity contribution in [2.75, 3.05) is 5.32 Å². The molecule has 0 fully saturated rings. The van der Waals surface area contributed by atoms with Crippen LogP contribution in [0.3, 0.4) is 0 Å². The van der Waals surface area contributed by atoms with Gasteiger partial charge in [-0.3, -0.25) is 4.79 Å². The highest BCUT2D eigenvalue weighted by Crippen LogP contribution is 2.32. The van der Waals surface area contributed by atoms with Crippen molar-refractivity contribution in [3.05, 3.63) is 57.0 Å². The minimum absolute atomic E-state index is 0.0616. The first-order valence-electron chi connectivity index (χ1n) is 7.80. The number of halogens is 3. The summed E-state index contributed by atoms with van der Waals surface area (Å²) in [5, 5.41) is 3.64. The maximum absolute atomic E-state index is 12.3. The Labute approximate surface area is 163 Å². The number of hydrogen-bond acceptors (Lipinski definition) is 2. The van der Waals surface area contributed by atoms with Crippen LogP contribution in [-0.2, 0) is 10.2 Å². The third-order valence-electron chi connectivity index (χ3n) is 3.67. The van der Waals surface area contributed by atoms with Crippen LogP contribution in [0.15, 0.2) is 36.4 Å². The fourth-order valence-corrected chi connectivity index (χ4v) is 2.74. The molecule has 1 N–H and O–H groups in total. The molecule has 0 heterocycles. The lowest BCUT2D eigenvalue weighted by Gasteiger charge is -2.20. The molecule has 2 aromatic carbocycles. The van der Waals surface area contributed by atoms with E-state index in [-0.39, 0.29) is 11.3 Å². The van der Waals surface area contributed by atoms with Crippen molar-refractivity contribution >= 4 is 46.4 Å². The lowest BCUT2D eigenvalue weighted by atomic mass is 9.87. The predicted octanol–water partition coefficient (Wildman–Crippen LogP) is 6.35. The molecular weight excluding hydrogens is 381 g/mol. The maximum Gasteiger partial charge on any atom is 0.265 e. The molecule has 0 saturated heterocycles. The number of carbonyl (C=O) groups excluding carboxylic acids is 1. The van der Waals surface area contributed by atoms with E-state index in [0.29, 0.717) is 26.5 Å². The Hall–Kier alpha value is -1.42. The molecule has 3 nitrogen and oxygen atoms in total. The van der Waals surface area contributed by atoms with Gasteiger partial charge in [0, 0.05) is 0 Å². The molecule has 2 aromatic rings. The van der Waals surface area contributed by atoms with E-state index in [1.165, 1.54) is 17.7 Å². The van der Waals surface area contributed by atoms with Crippen LogP contribution >= 0.6 is 34.8 Å². The molecular formula is C19H20Cl3NO2. The first-order valence-corrected chi connectivity index (χ1v) is 8.94. The Balaban J connectivity index is 2.04. The van der Waals surface area contributed by atoms with E-state index in [1.807, 2.05) is 24.3 Å². The van der Waals surface area contributed by atoms with Gasteiger partial charge in [-0.2, -0.15) is 0 Å². The molecule has 0 radical (unpaired) electrons. The molecule has 134 valence electrons. The molecule has 6 heteroatoms. The molecule has 0 aliphatic carbocycles. The lowest BCUT2D eigenvalue weighted by Crippen LogP contribution is -2.30. The van der Waals surface area contributed by atoms with Gasteiger partial charge in [0.05, 0.1) is 20.8 Å². The van der Waals surface area contributed by atoms with E-state index >= 15 is 0 Å². The monoisotopic (exact) mass is 399 g/mol. The van der Waals surface area contributed by atoms with Crippen molar-refractivity contribution in [1.29, 1.82) is 0 Å². The SMILES string of the molecule is C[C@@H](Oc1ccc(C(C)(C)C)cc1)C(=O)Nc1cc(Cl)c(Cl)cc1Cl. The summed E-state index contributed by atoms with van der Waals surface area (Å²) in [5.41, 5.74) is 1.64. The van der Waals surface area contributed by atoms with Gasteiger partial charge < -0.3 is 10.1 Å². The Morgan fingerprint density at radius 2 is 1.56 bits per heavy atom. The van der Waals surface area contributed by atoms with Crippen LogP contribution in [0, 0.1) is 0 Å². The molecule has 25 heavy (non-hydrogen) atoms. The second kappa shape index (κ2) is 7.86. The second-order valence-corrected chi connectivity index (χ2v) is 7.99. The minimum Gasteiger partial charge on any atom is -0.481 e. The molecule has 1 atom stereocenters. The summed E-state index contributed by atoms with van der Waals surface area (Å²) in [6.45, 7) is 8.08. The first-order chi connectivity index (χ1) is 11.6. The van der Waals surface area contributed by atoms with Crippen LogP contribution in [-0.4, -0.2) is 12.0 Å². The number of ether oxygens (including phenoxy) is 1. The van der Waals surface area contributed by atoms with Crippen molar-refractivity contribution in [3.8, 4) is 5.75 Å². The van der Waals surface area contributed by atoms with E-state index in [2.05, 4.69) is 26.1 Å². The zero-order valence-electron chi connectivity index (χ0n) is 14.5. The number of nitrogens with one attached hydrogen (secondary N) is 1. The zero-order valence-corrected chi connectivity index (χ0v) is 16.8. The van der Waals surface area contributed by atoms with Crippen LogP contribution in [0.25, 0.3) is 0 Å². The molecule has 0 aromatic heterocycles. The maximum atomic E-state index is 12.3. The largest absolute Gasteiger partial charge is 0.481 e. The number of anilines is 1. The smallest absolute Gasteiger partial charge is 0.265 e. The van der Waals surface area contributed by atoms with E-state index < -0.39 is 6.10 Å². The van der Waals surface area contributed by atoms with Gasteiger partial charge in [-0.05, 0) is 42.2 Å². The van der Waals surface area contributed by atoms with Gasteiger partial charge in [-0.25, -0.2) is 0 Å². The quantitative estimate of drug-likeness (QED) is 0.607. The van der Waals surface area contributed by atoms with Gasteiger partial charge in [0.2, 0.25) is 0 Å². The third kappa shape index (κ3) is 5.27. The Morgan fingerprint density at radius 3 is 2.12 bits per heavy atom. The molecule has 2 rings (SSSR count). The van der Waals surface area contributed by atoms with E-state index in [1.54, 1.807) is 6.92 Å². The molecule has 0 spiro atoms. The highest BCUT2D eigenvalue weighted by Gasteiger charge is 2.18. The molecule has 0 saturated carbocycles. The molecule has 0 aliphatic rings. The fourth-order valence-electron chi connectivity index (χ4n) is 2.14. The summed E-state index contributed by atoms with van der Waals surface area (Å²) < 4.78 is 5.70. The molecule has 1 amide bonds. The van der Waals surface area contributed by atoms with E-state index in [9.17, 15) is 4.79 Å². The fraction of sp³-hybridized carbons (Fsp3) is 0.316. The summed E-state index contributed by atoms with van der Waals surface area (Å²) >= 11 is 17.9. The highest BCUT2D eigenvalue weighted by molar-refractivity contribution is 6.44. The number of hydrogen-bond donors (Lipinski definition) is 1. The van der Waals surface area contributed by atoms with Crippen molar-refractivity contribution < 1.29 is 9.53 Å². The predicted molar refractivity (Wildman–Crippen MR) is 105 cm³/mol. The average molecular weight is 401 g/mol. The number of carbonyl (C=O) groups is 1. The average Bonchev–Trinajstić information content (AvgIpc) is 2.52. The van der Waals surface area contributed by atoms with E-state index in [0.717, 1.165) is 0 Å². The van der Waals surface area contributed by atoms with Crippen LogP contribution in [0.5, 0.6) is 5.75 Å². The van der Waals surface area contributed by atoms with Crippen LogP contribution in [0.2, 0.25) is 15.1 Å². The van der Waals surface area contributed by atoms with Crippen molar-refractivity contribution in [2.45, 2.75) is 39.2 Å². The number of amides is 1. The van der Waals surface area contributed by atoms with Gasteiger partial charge in [-0.15, -0.1) is 0 Å². The first kappa shape index (κ1) is 19.9. The van der Waals surface area contributed by atoms with E-state index in [4.69, 9.17) is 39.5 Å². The van der Waals surface area contributed by atoms with Crippen LogP contribution < -0.4 is 10.1 Å². The lowest BCUT2D eigenvalue weighted by molar-refractivity contribution is -0.122. The molecule has 0 bridgehead atoms. The number of benzene rings is 2. The summed E-state index contributed by atoms with van der Waals surface area (Å²) in [6, 6.07) is 10.7. The van der Waals surface area contributed by atoms with Crippen molar-refractivity contribution in [2.24, 2.45) is 0 Å². The van der Waals surface area contributed by atoms with Gasteiger partial charge in [0.15, 0.2) is 6.10 Å². The Kier molecular flexibility index (Phi) is 6.26. The van der Waals surface area contributed by atoms with Crippen molar-refractivity contribution in [1.82, 2.24) is 0 Å². The summed E-state index contributed by atoms with van der Waals surface area (Å²) in [4.78, 5) is 12.3. The zero-order chi connectivity index (χ0) is 18.8. The molecule has 0 aliphatic heterocycles. The minimum atomic E-state index is -0.703. The normalized spacial score (nSPS) is 12.6.